The van der Waals surface area contributed by atoms with Crippen molar-refractivity contribution in [1.82, 2.24) is 15.5 Å². The van der Waals surface area contributed by atoms with Crippen molar-refractivity contribution in [1.29, 1.82) is 0 Å². The third kappa shape index (κ3) is 6.36. The smallest absolute Gasteiger partial charge is 0.475 e. The first-order valence-corrected chi connectivity index (χ1v) is 11.1. The van der Waals surface area contributed by atoms with Crippen LogP contribution in [0.4, 0.5) is 13.2 Å². The van der Waals surface area contributed by atoms with Gasteiger partial charge in [0.15, 0.2) is 0 Å². The van der Waals surface area contributed by atoms with E-state index in [9.17, 15) is 13.2 Å². The Hall–Kier alpha value is -3.91. The monoisotopic (exact) mass is 479 g/mol. The van der Waals surface area contributed by atoms with Gasteiger partial charge >= 0.3 is 12.1 Å². The Morgan fingerprint density at radius 2 is 1.54 bits per heavy atom. The molecule has 0 fully saturated rings. The van der Waals surface area contributed by atoms with Gasteiger partial charge in [-0.15, -0.1) is 0 Å². The molecule has 1 aliphatic rings. The molecule has 0 radical (unpaired) electrons. The largest absolute Gasteiger partial charge is 0.490 e. The lowest BCUT2D eigenvalue weighted by molar-refractivity contribution is -0.192. The number of aromatic amines is 1. The molecule has 0 spiro atoms. The van der Waals surface area contributed by atoms with Gasteiger partial charge in [-0.3, -0.25) is 5.10 Å². The molecule has 0 amide bonds. The molecular weight excluding hydrogens is 455 g/mol. The maximum absolute atomic E-state index is 10.6. The van der Waals surface area contributed by atoms with E-state index in [2.05, 4.69) is 88.3 Å². The number of hydrogen-bond acceptors (Lipinski definition) is 3. The van der Waals surface area contributed by atoms with Gasteiger partial charge in [-0.2, -0.15) is 18.3 Å². The van der Waals surface area contributed by atoms with E-state index >= 15 is 0 Å². The van der Waals surface area contributed by atoms with Crippen LogP contribution >= 0.6 is 0 Å². The molecule has 180 valence electrons. The number of aliphatic carboxylic acids is 1. The molecule has 35 heavy (non-hydrogen) atoms. The second-order valence-corrected chi connectivity index (χ2v) is 8.31. The molecular formula is C27H24F3N3O2. The highest BCUT2D eigenvalue weighted by molar-refractivity contribution is 5.73. The summed E-state index contributed by atoms with van der Waals surface area (Å²) in [6.45, 7) is 0.910. The first kappa shape index (κ1) is 24.2. The number of halogens is 3. The normalized spacial score (nSPS) is 13.1. The van der Waals surface area contributed by atoms with E-state index in [0.717, 1.165) is 30.6 Å². The van der Waals surface area contributed by atoms with Gasteiger partial charge in [-0.1, -0.05) is 66.7 Å². The number of carbonyl (C=O) groups is 1. The van der Waals surface area contributed by atoms with E-state index in [1.165, 1.54) is 27.8 Å². The predicted molar refractivity (Wildman–Crippen MR) is 128 cm³/mol. The van der Waals surface area contributed by atoms with E-state index < -0.39 is 12.1 Å². The Morgan fingerprint density at radius 3 is 2.11 bits per heavy atom. The van der Waals surface area contributed by atoms with Crippen LogP contribution in [0.1, 0.15) is 16.7 Å². The van der Waals surface area contributed by atoms with Crippen LogP contribution in [0.2, 0.25) is 0 Å². The summed E-state index contributed by atoms with van der Waals surface area (Å²) in [7, 11) is 0. The summed E-state index contributed by atoms with van der Waals surface area (Å²) in [5, 5.41) is 17.9. The van der Waals surface area contributed by atoms with Gasteiger partial charge in [0, 0.05) is 24.3 Å². The van der Waals surface area contributed by atoms with E-state index in [4.69, 9.17) is 9.90 Å². The topological polar surface area (TPSA) is 78.0 Å². The van der Waals surface area contributed by atoms with Gasteiger partial charge in [0.05, 0.1) is 5.69 Å². The SMILES string of the molecule is O=C(O)C(F)(F)F.c1cc(-c2ccc(CNC3Cc4ccccc4C3)cc2)cc(-c2ccn[nH]2)c1. The quantitative estimate of drug-likeness (QED) is 0.347. The number of carboxylic acids is 1. The van der Waals surface area contributed by atoms with Gasteiger partial charge in [0.2, 0.25) is 0 Å². The first-order valence-electron chi connectivity index (χ1n) is 11.1. The van der Waals surface area contributed by atoms with Crippen molar-refractivity contribution in [2.75, 3.05) is 0 Å². The van der Waals surface area contributed by atoms with Gasteiger partial charge in [0.1, 0.15) is 0 Å². The number of fused-ring (bicyclic) bond motifs is 1. The highest BCUT2D eigenvalue weighted by atomic mass is 19.4. The minimum Gasteiger partial charge on any atom is -0.475 e. The molecule has 0 aliphatic heterocycles. The van der Waals surface area contributed by atoms with Crippen molar-refractivity contribution < 1.29 is 23.1 Å². The molecule has 3 aromatic carbocycles. The maximum Gasteiger partial charge on any atom is 0.490 e. The average molecular weight is 480 g/mol. The minimum absolute atomic E-state index is 0.545. The van der Waals surface area contributed by atoms with E-state index in [1.807, 2.05) is 6.07 Å². The van der Waals surface area contributed by atoms with Crippen molar-refractivity contribution in [3.05, 3.63) is 102 Å². The van der Waals surface area contributed by atoms with Gasteiger partial charge in [-0.05, 0) is 52.8 Å². The molecule has 8 heteroatoms. The summed E-state index contributed by atoms with van der Waals surface area (Å²) in [6, 6.07) is 28.8. The van der Waals surface area contributed by atoms with Crippen molar-refractivity contribution in [2.45, 2.75) is 31.6 Å². The summed E-state index contributed by atoms with van der Waals surface area (Å²) in [5.74, 6) is -2.76. The minimum atomic E-state index is -5.08. The average Bonchev–Trinajstić information content (AvgIpc) is 3.53. The Labute approximate surface area is 200 Å². The number of H-pyrrole nitrogens is 1. The number of benzene rings is 3. The molecule has 0 atom stereocenters. The Balaban J connectivity index is 0.000000364. The predicted octanol–water partition coefficient (Wildman–Crippen LogP) is 5.63. The maximum atomic E-state index is 10.6. The number of alkyl halides is 3. The van der Waals surface area contributed by atoms with Crippen molar-refractivity contribution >= 4 is 5.97 Å². The number of hydrogen-bond donors (Lipinski definition) is 3. The Morgan fingerprint density at radius 1 is 0.914 bits per heavy atom. The van der Waals surface area contributed by atoms with Crippen molar-refractivity contribution in [3.8, 4) is 22.4 Å². The summed E-state index contributed by atoms with van der Waals surface area (Å²) >= 11 is 0. The van der Waals surface area contributed by atoms with Crippen LogP contribution in [0.15, 0.2) is 85.1 Å². The Bertz CT molecular complexity index is 1240. The Kier molecular flexibility index (Phi) is 7.31. The molecule has 0 unspecified atom stereocenters. The molecule has 1 aromatic heterocycles. The summed E-state index contributed by atoms with van der Waals surface area (Å²) in [4.78, 5) is 8.90. The third-order valence-corrected chi connectivity index (χ3v) is 5.85. The van der Waals surface area contributed by atoms with Crippen molar-refractivity contribution in [2.24, 2.45) is 0 Å². The summed E-state index contributed by atoms with van der Waals surface area (Å²) in [5.41, 5.74) is 8.96. The number of carboxylic acid groups (broad SMARTS) is 1. The van der Waals surface area contributed by atoms with Crippen LogP contribution in [0.3, 0.4) is 0 Å². The number of aromatic nitrogens is 2. The lowest BCUT2D eigenvalue weighted by Gasteiger charge is -2.12. The number of rotatable bonds is 5. The molecule has 1 heterocycles. The molecule has 3 N–H and O–H groups in total. The molecule has 0 saturated heterocycles. The second kappa shape index (κ2) is 10.6. The lowest BCUT2D eigenvalue weighted by atomic mass is 10.0. The van der Waals surface area contributed by atoms with Crippen LogP contribution in [-0.2, 0) is 24.2 Å². The molecule has 0 saturated carbocycles. The van der Waals surface area contributed by atoms with Crippen LogP contribution in [0, 0.1) is 0 Å². The molecule has 5 rings (SSSR count). The highest BCUT2D eigenvalue weighted by Crippen LogP contribution is 2.26. The fraction of sp³-hybridized carbons (Fsp3) is 0.185. The highest BCUT2D eigenvalue weighted by Gasteiger charge is 2.38. The molecule has 1 aliphatic carbocycles. The zero-order chi connectivity index (χ0) is 24.8. The zero-order valence-electron chi connectivity index (χ0n) is 18.7. The third-order valence-electron chi connectivity index (χ3n) is 5.85. The summed E-state index contributed by atoms with van der Waals surface area (Å²) < 4.78 is 31.7. The van der Waals surface area contributed by atoms with E-state index in [-0.39, 0.29) is 0 Å². The van der Waals surface area contributed by atoms with E-state index in [1.54, 1.807) is 6.20 Å². The fourth-order valence-corrected chi connectivity index (χ4v) is 4.06. The molecule has 5 nitrogen and oxygen atoms in total. The van der Waals surface area contributed by atoms with Crippen molar-refractivity contribution in [3.63, 3.8) is 0 Å². The standard InChI is InChI=1S/C25H23N3.C2HF3O2/c1-2-5-22-16-24(15-21(22)4-1)26-17-18-8-10-19(11-9-18)20-6-3-7-23(14-20)25-12-13-27-28-25;3-2(4,5)1(6)7/h1-14,24,26H,15-17H2,(H,27,28);(H,6,7). The van der Waals surface area contributed by atoms with Crippen LogP contribution in [0.5, 0.6) is 0 Å². The summed E-state index contributed by atoms with van der Waals surface area (Å²) in [6.07, 6.45) is -1.03. The number of nitrogens with one attached hydrogen (secondary N) is 2. The van der Waals surface area contributed by atoms with Crippen LogP contribution in [0.25, 0.3) is 22.4 Å². The van der Waals surface area contributed by atoms with Gasteiger partial charge < -0.3 is 10.4 Å². The van der Waals surface area contributed by atoms with E-state index in [0.29, 0.717) is 6.04 Å². The lowest BCUT2D eigenvalue weighted by Crippen LogP contribution is -2.28. The second-order valence-electron chi connectivity index (χ2n) is 8.31. The first-order chi connectivity index (χ1) is 16.8. The van der Waals surface area contributed by atoms with Crippen LogP contribution < -0.4 is 5.32 Å². The fourth-order valence-electron chi connectivity index (χ4n) is 4.06. The number of nitrogens with zero attached hydrogens (tertiary/aromatic N) is 1. The van der Waals surface area contributed by atoms with Gasteiger partial charge in [0.25, 0.3) is 0 Å². The zero-order valence-corrected chi connectivity index (χ0v) is 18.7. The van der Waals surface area contributed by atoms with Gasteiger partial charge in [-0.25, -0.2) is 4.79 Å². The van der Waals surface area contributed by atoms with Crippen LogP contribution in [-0.4, -0.2) is 33.5 Å². The molecule has 4 aromatic rings. The molecule has 0 bridgehead atoms.